The van der Waals surface area contributed by atoms with Crippen molar-refractivity contribution in [2.24, 2.45) is 18.7 Å². The van der Waals surface area contributed by atoms with Gasteiger partial charge in [-0.25, -0.2) is 0 Å². The van der Waals surface area contributed by atoms with Crippen molar-refractivity contribution in [2.45, 2.75) is 13.3 Å². The molecule has 2 aromatic rings. The maximum absolute atomic E-state index is 11.8. The highest BCUT2D eigenvalue weighted by Crippen LogP contribution is 2.08. The van der Waals surface area contributed by atoms with Gasteiger partial charge in [-0.1, -0.05) is 0 Å². The van der Waals surface area contributed by atoms with Crippen LogP contribution in [0, 0.1) is 12.8 Å². The van der Waals surface area contributed by atoms with E-state index in [1.54, 1.807) is 30.1 Å². The van der Waals surface area contributed by atoms with E-state index in [2.05, 4.69) is 10.4 Å². The molecule has 0 saturated heterocycles. The molecule has 7 nitrogen and oxygen atoms in total. The normalized spacial score (nSPS) is 12.4. The second-order valence-corrected chi connectivity index (χ2v) is 5.35. The van der Waals surface area contributed by atoms with E-state index in [4.69, 9.17) is 10.2 Å². The molecule has 0 fully saturated rings. The molecule has 0 radical (unpaired) electrons. The largest absolute Gasteiger partial charge is 0.462 e. The minimum Gasteiger partial charge on any atom is -0.462 e. The Labute approximate surface area is 134 Å². The number of carbonyl (C=O) groups excluding carboxylic acids is 2. The van der Waals surface area contributed by atoms with E-state index in [9.17, 15) is 9.59 Å². The molecule has 0 aromatic carbocycles. The molecule has 2 aromatic heterocycles. The van der Waals surface area contributed by atoms with Gasteiger partial charge >= 0.3 is 0 Å². The summed E-state index contributed by atoms with van der Waals surface area (Å²) < 4.78 is 6.98. The first-order valence-electron chi connectivity index (χ1n) is 7.23. The van der Waals surface area contributed by atoms with Crippen LogP contribution >= 0.6 is 0 Å². The number of furan rings is 1. The number of carbonyl (C=O) groups is 2. The van der Waals surface area contributed by atoms with Crippen molar-refractivity contribution in [3.63, 3.8) is 0 Å². The molecule has 0 bridgehead atoms. The molecule has 1 atom stereocenters. The molecule has 1 unspecified atom stereocenters. The van der Waals surface area contributed by atoms with Gasteiger partial charge in [0.1, 0.15) is 11.5 Å². The van der Waals surface area contributed by atoms with Crippen molar-refractivity contribution in [1.82, 2.24) is 15.1 Å². The molecule has 7 heteroatoms. The Morgan fingerprint density at radius 1 is 1.48 bits per heavy atom. The zero-order valence-electron chi connectivity index (χ0n) is 13.2. The summed E-state index contributed by atoms with van der Waals surface area (Å²) >= 11 is 0. The first-order chi connectivity index (χ1) is 10.9. The van der Waals surface area contributed by atoms with Crippen LogP contribution in [0.5, 0.6) is 0 Å². The zero-order chi connectivity index (χ0) is 16.8. The maximum Gasteiger partial charge on any atom is 0.244 e. The van der Waals surface area contributed by atoms with Crippen molar-refractivity contribution in [3.05, 3.63) is 47.7 Å². The highest BCUT2D eigenvalue weighted by molar-refractivity contribution is 5.91. The molecule has 0 aliphatic carbocycles. The fourth-order valence-electron chi connectivity index (χ4n) is 2.12. The number of hydrogen-bond donors (Lipinski definition) is 2. The lowest BCUT2D eigenvalue weighted by Gasteiger charge is -2.12. The first kappa shape index (κ1) is 16.5. The third kappa shape index (κ3) is 5.14. The topological polar surface area (TPSA) is 103 Å². The van der Waals surface area contributed by atoms with E-state index in [0.717, 1.165) is 11.3 Å². The Hall–Kier alpha value is -2.83. The third-order valence-corrected chi connectivity index (χ3v) is 3.33. The monoisotopic (exact) mass is 316 g/mol. The van der Waals surface area contributed by atoms with Crippen molar-refractivity contribution in [2.75, 3.05) is 6.54 Å². The van der Waals surface area contributed by atoms with E-state index in [0.29, 0.717) is 12.2 Å². The average molecular weight is 316 g/mol. The molecule has 0 spiro atoms. The molecular weight excluding hydrogens is 296 g/mol. The maximum atomic E-state index is 11.8. The van der Waals surface area contributed by atoms with Gasteiger partial charge in [-0.15, -0.1) is 0 Å². The Morgan fingerprint density at radius 3 is 2.83 bits per heavy atom. The van der Waals surface area contributed by atoms with Gasteiger partial charge in [-0.05, 0) is 37.1 Å². The molecule has 0 aliphatic heterocycles. The fourth-order valence-corrected chi connectivity index (χ4v) is 2.12. The van der Waals surface area contributed by atoms with E-state index in [1.165, 1.54) is 6.08 Å². The smallest absolute Gasteiger partial charge is 0.244 e. The average Bonchev–Trinajstić information content (AvgIpc) is 3.09. The predicted molar refractivity (Wildman–Crippen MR) is 85.1 cm³/mol. The summed E-state index contributed by atoms with van der Waals surface area (Å²) in [6, 6.07) is 3.59. The first-order valence-corrected chi connectivity index (χ1v) is 7.23. The van der Waals surface area contributed by atoms with Crippen molar-refractivity contribution in [1.29, 1.82) is 0 Å². The molecule has 0 aliphatic rings. The van der Waals surface area contributed by atoms with Gasteiger partial charge in [0.2, 0.25) is 11.8 Å². The van der Waals surface area contributed by atoms with Crippen LogP contribution in [0.25, 0.3) is 6.08 Å². The standard InChI is InChI=1S/C16H20N4O3/c1-11-3-4-14(23-11)5-6-15(21)18-9-13(16(17)22)7-12-8-19-20(2)10-12/h3-6,8,10,13H,7,9H2,1-2H3,(H2,17,22)(H,18,21). The van der Waals surface area contributed by atoms with E-state index in [-0.39, 0.29) is 12.5 Å². The van der Waals surface area contributed by atoms with Crippen molar-refractivity contribution >= 4 is 17.9 Å². The summed E-state index contributed by atoms with van der Waals surface area (Å²) in [5.74, 6) is 0.119. The summed E-state index contributed by atoms with van der Waals surface area (Å²) in [6.07, 6.45) is 6.86. The number of hydrogen-bond acceptors (Lipinski definition) is 4. The fraction of sp³-hybridized carbons (Fsp3) is 0.312. The highest BCUT2D eigenvalue weighted by Gasteiger charge is 2.17. The summed E-state index contributed by atoms with van der Waals surface area (Å²) in [7, 11) is 1.80. The molecule has 3 N–H and O–H groups in total. The Morgan fingerprint density at radius 2 is 2.26 bits per heavy atom. The summed E-state index contributed by atoms with van der Waals surface area (Å²) in [5.41, 5.74) is 6.29. The number of nitrogens with zero attached hydrogens (tertiary/aromatic N) is 2. The summed E-state index contributed by atoms with van der Waals surface area (Å²) in [6.45, 7) is 2.00. The van der Waals surface area contributed by atoms with Crippen LogP contribution < -0.4 is 11.1 Å². The van der Waals surface area contributed by atoms with E-state index < -0.39 is 11.8 Å². The lowest BCUT2D eigenvalue weighted by atomic mass is 10.0. The SMILES string of the molecule is Cc1ccc(C=CC(=O)NCC(Cc2cnn(C)c2)C(N)=O)o1. The van der Waals surface area contributed by atoms with Gasteiger partial charge in [-0.3, -0.25) is 14.3 Å². The molecule has 2 rings (SSSR count). The zero-order valence-corrected chi connectivity index (χ0v) is 13.2. The quantitative estimate of drug-likeness (QED) is 0.737. The minimum absolute atomic E-state index is 0.171. The molecule has 2 amide bonds. The Bertz CT molecular complexity index is 714. The van der Waals surface area contributed by atoms with Gasteiger partial charge in [0.15, 0.2) is 0 Å². The second kappa shape index (κ2) is 7.44. The molecule has 23 heavy (non-hydrogen) atoms. The van der Waals surface area contributed by atoms with E-state index >= 15 is 0 Å². The minimum atomic E-state index is -0.484. The molecule has 0 saturated carbocycles. The number of primary amides is 1. The molecule has 122 valence electrons. The number of amides is 2. The van der Waals surface area contributed by atoms with Crippen LogP contribution in [0.15, 0.2) is 35.0 Å². The van der Waals surface area contributed by atoms with Crippen LogP contribution in [0.4, 0.5) is 0 Å². The lowest BCUT2D eigenvalue weighted by molar-refractivity contribution is -0.122. The number of aryl methyl sites for hydroxylation is 2. The van der Waals surface area contributed by atoms with Gasteiger partial charge in [0, 0.05) is 25.9 Å². The van der Waals surface area contributed by atoms with Crippen molar-refractivity contribution in [3.8, 4) is 0 Å². The number of aromatic nitrogens is 2. The molecular formula is C16H20N4O3. The Balaban J connectivity index is 1.86. The van der Waals surface area contributed by atoms with Crippen LogP contribution in [0.1, 0.15) is 17.1 Å². The molecule has 2 heterocycles. The summed E-state index contributed by atoms with van der Waals surface area (Å²) in [4.78, 5) is 23.3. The van der Waals surface area contributed by atoms with Crippen molar-refractivity contribution < 1.29 is 14.0 Å². The van der Waals surface area contributed by atoms with Gasteiger partial charge in [-0.2, -0.15) is 5.10 Å². The van der Waals surface area contributed by atoms with Crippen LogP contribution in [-0.2, 0) is 23.1 Å². The van der Waals surface area contributed by atoms with Gasteiger partial charge < -0.3 is 15.5 Å². The van der Waals surface area contributed by atoms with Crippen LogP contribution in [0.3, 0.4) is 0 Å². The van der Waals surface area contributed by atoms with E-state index in [1.807, 2.05) is 19.2 Å². The van der Waals surface area contributed by atoms with Crippen LogP contribution in [-0.4, -0.2) is 28.1 Å². The second-order valence-electron chi connectivity index (χ2n) is 5.35. The third-order valence-electron chi connectivity index (χ3n) is 3.33. The summed E-state index contributed by atoms with van der Waals surface area (Å²) in [5, 5.41) is 6.72. The number of nitrogens with two attached hydrogens (primary N) is 1. The van der Waals surface area contributed by atoms with Gasteiger partial charge in [0.25, 0.3) is 0 Å². The predicted octanol–water partition coefficient (Wildman–Crippen LogP) is 0.795. The highest BCUT2D eigenvalue weighted by atomic mass is 16.3. The number of nitrogens with one attached hydrogen (secondary N) is 1. The van der Waals surface area contributed by atoms with Crippen LogP contribution in [0.2, 0.25) is 0 Å². The number of rotatable bonds is 7. The Kier molecular flexibility index (Phi) is 5.35. The van der Waals surface area contributed by atoms with Gasteiger partial charge in [0.05, 0.1) is 12.1 Å². The lowest BCUT2D eigenvalue weighted by Crippen LogP contribution is -2.36.